The molecule has 0 atom stereocenters. The normalized spacial score (nSPS) is 11.4. The number of aromatic nitrogens is 4. The van der Waals surface area contributed by atoms with E-state index in [9.17, 15) is 0 Å². The van der Waals surface area contributed by atoms with Crippen molar-refractivity contribution < 1.29 is 0 Å². The van der Waals surface area contributed by atoms with Crippen molar-refractivity contribution in [3.8, 4) is 62.1 Å². The molecule has 2 heterocycles. The smallest absolute Gasteiger partial charge is 0.164 e. The van der Waals surface area contributed by atoms with Crippen molar-refractivity contribution in [2.24, 2.45) is 0 Å². The quantitative estimate of drug-likeness (QED) is 0.176. The van der Waals surface area contributed by atoms with Crippen molar-refractivity contribution >= 4 is 32.6 Å². The maximum absolute atomic E-state index is 5.20. The lowest BCUT2D eigenvalue weighted by Crippen LogP contribution is -2.02. The molecule has 10 rings (SSSR count). The minimum atomic E-state index is 0.621. The third-order valence-electron chi connectivity index (χ3n) is 10.1. The van der Waals surface area contributed by atoms with Gasteiger partial charge in [0.25, 0.3) is 0 Å². The van der Waals surface area contributed by atoms with Crippen molar-refractivity contribution in [2.45, 2.75) is 0 Å². The summed E-state index contributed by atoms with van der Waals surface area (Å²) >= 11 is 0. The molecular weight excluding hydrogens is 645 g/mol. The first-order valence-electron chi connectivity index (χ1n) is 17.9. The van der Waals surface area contributed by atoms with Gasteiger partial charge in [-0.3, -0.25) is 0 Å². The van der Waals surface area contributed by atoms with Crippen LogP contribution in [-0.4, -0.2) is 19.5 Å². The Labute approximate surface area is 307 Å². The van der Waals surface area contributed by atoms with Crippen molar-refractivity contribution in [1.82, 2.24) is 19.5 Å². The van der Waals surface area contributed by atoms with Crippen LogP contribution in [0.3, 0.4) is 0 Å². The molecule has 0 unspecified atom stereocenters. The van der Waals surface area contributed by atoms with Crippen LogP contribution < -0.4 is 0 Å². The van der Waals surface area contributed by atoms with Crippen LogP contribution in [0.25, 0.3) is 94.7 Å². The van der Waals surface area contributed by atoms with Gasteiger partial charge in [-0.2, -0.15) is 0 Å². The molecule has 248 valence electrons. The zero-order chi connectivity index (χ0) is 35.1. The molecule has 0 fully saturated rings. The fourth-order valence-corrected chi connectivity index (χ4v) is 7.53. The van der Waals surface area contributed by atoms with Gasteiger partial charge in [0.15, 0.2) is 17.5 Å². The second-order valence-corrected chi connectivity index (χ2v) is 13.2. The molecule has 0 aliphatic heterocycles. The number of rotatable bonds is 6. The number of nitrogens with zero attached hydrogens (tertiary/aromatic N) is 4. The average Bonchev–Trinajstić information content (AvgIpc) is 3.56. The standard InChI is InChI=1S/C49H32N4/c1-3-15-33(16-4-1)39-21-9-11-24-42(39)48-50-47(51-49(52-48)43-25-12-10-22-40(43)34-17-5-2-6-18-34)35-27-29-38(30-28-35)53-45-26-14-13-23-41(45)44-31-36-19-7-8-20-37(36)32-46(44)53/h1-32H. The zero-order valence-corrected chi connectivity index (χ0v) is 28.8. The number of hydrogen-bond acceptors (Lipinski definition) is 3. The lowest BCUT2D eigenvalue weighted by Gasteiger charge is -2.14. The summed E-state index contributed by atoms with van der Waals surface area (Å²) in [5.74, 6) is 1.88. The maximum Gasteiger partial charge on any atom is 0.164 e. The summed E-state index contributed by atoms with van der Waals surface area (Å²) in [7, 11) is 0. The van der Waals surface area contributed by atoms with Crippen LogP contribution in [0, 0.1) is 0 Å². The van der Waals surface area contributed by atoms with Gasteiger partial charge in [-0.15, -0.1) is 0 Å². The summed E-state index contributed by atoms with van der Waals surface area (Å²) in [5.41, 5.74) is 10.6. The number of fused-ring (bicyclic) bond motifs is 4. The molecule has 0 amide bonds. The highest BCUT2D eigenvalue weighted by molar-refractivity contribution is 6.13. The minimum absolute atomic E-state index is 0.621. The number of hydrogen-bond donors (Lipinski definition) is 0. The van der Waals surface area contributed by atoms with Gasteiger partial charge in [-0.25, -0.2) is 15.0 Å². The molecule has 4 nitrogen and oxygen atoms in total. The number of para-hydroxylation sites is 1. The van der Waals surface area contributed by atoms with Gasteiger partial charge in [-0.1, -0.05) is 152 Å². The van der Waals surface area contributed by atoms with Gasteiger partial charge < -0.3 is 4.57 Å². The van der Waals surface area contributed by atoms with Crippen LogP contribution in [-0.2, 0) is 0 Å². The molecule has 8 aromatic carbocycles. The molecule has 0 N–H and O–H groups in total. The van der Waals surface area contributed by atoms with Crippen molar-refractivity contribution in [1.29, 1.82) is 0 Å². The molecule has 0 aliphatic carbocycles. The first kappa shape index (κ1) is 30.6. The van der Waals surface area contributed by atoms with Crippen molar-refractivity contribution in [3.05, 3.63) is 194 Å². The Morgan fingerprint density at radius 1 is 0.302 bits per heavy atom. The first-order chi connectivity index (χ1) is 26.3. The Bertz CT molecular complexity index is 2830. The second kappa shape index (κ2) is 12.9. The van der Waals surface area contributed by atoms with E-state index < -0.39 is 0 Å². The van der Waals surface area contributed by atoms with E-state index in [1.54, 1.807) is 0 Å². The molecule has 0 radical (unpaired) electrons. The Kier molecular flexibility index (Phi) is 7.43. The van der Waals surface area contributed by atoms with Gasteiger partial charge in [0.1, 0.15) is 0 Å². The van der Waals surface area contributed by atoms with Crippen molar-refractivity contribution in [3.63, 3.8) is 0 Å². The Morgan fingerprint density at radius 3 is 1.38 bits per heavy atom. The van der Waals surface area contributed by atoms with Gasteiger partial charge in [0, 0.05) is 33.2 Å². The average molecular weight is 677 g/mol. The molecule has 0 aliphatic rings. The van der Waals surface area contributed by atoms with E-state index in [4.69, 9.17) is 15.0 Å². The minimum Gasteiger partial charge on any atom is -0.309 e. The highest BCUT2D eigenvalue weighted by Gasteiger charge is 2.19. The Morgan fingerprint density at radius 2 is 0.774 bits per heavy atom. The van der Waals surface area contributed by atoms with E-state index in [-0.39, 0.29) is 0 Å². The van der Waals surface area contributed by atoms with E-state index in [1.807, 2.05) is 24.3 Å². The van der Waals surface area contributed by atoms with Crippen LogP contribution in [0.5, 0.6) is 0 Å². The highest BCUT2D eigenvalue weighted by Crippen LogP contribution is 2.37. The van der Waals surface area contributed by atoms with E-state index >= 15 is 0 Å². The predicted molar refractivity (Wildman–Crippen MR) is 219 cm³/mol. The zero-order valence-electron chi connectivity index (χ0n) is 28.8. The van der Waals surface area contributed by atoms with Gasteiger partial charge in [0.2, 0.25) is 0 Å². The molecule has 0 saturated carbocycles. The summed E-state index contributed by atoms with van der Waals surface area (Å²) < 4.78 is 2.36. The molecule has 0 bridgehead atoms. The van der Waals surface area contributed by atoms with E-state index in [1.165, 1.54) is 32.6 Å². The summed E-state index contributed by atoms with van der Waals surface area (Å²) in [5, 5.41) is 4.93. The largest absolute Gasteiger partial charge is 0.309 e. The fraction of sp³-hybridized carbons (Fsp3) is 0. The van der Waals surface area contributed by atoms with Gasteiger partial charge in [-0.05, 0) is 75.5 Å². The third-order valence-corrected chi connectivity index (χ3v) is 10.1. The lowest BCUT2D eigenvalue weighted by molar-refractivity contribution is 1.07. The van der Waals surface area contributed by atoms with Crippen LogP contribution in [0.15, 0.2) is 194 Å². The van der Waals surface area contributed by atoms with Crippen molar-refractivity contribution in [2.75, 3.05) is 0 Å². The van der Waals surface area contributed by atoms with E-state index in [2.05, 4.69) is 174 Å². The van der Waals surface area contributed by atoms with Crippen LogP contribution in [0.1, 0.15) is 0 Å². The molecule has 4 heteroatoms. The molecule has 0 saturated heterocycles. The highest BCUT2D eigenvalue weighted by atomic mass is 15.0. The summed E-state index contributed by atoms with van der Waals surface area (Å²) in [4.78, 5) is 15.6. The Hall–Kier alpha value is -7.17. The summed E-state index contributed by atoms with van der Waals surface area (Å²) in [6, 6.07) is 68.0. The molecule has 10 aromatic rings. The summed E-state index contributed by atoms with van der Waals surface area (Å²) in [6.45, 7) is 0. The topological polar surface area (TPSA) is 43.6 Å². The van der Waals surface area contributed by atoms with E-state index in [0.717, 1.165) is 44.6 Å². The molecule has 0 spiro atoms. The predicted octanol–water partition coefficient (Wildman–Crippen LogP) is 12.5. The third kappa shape index (κ3) is 5.45. The van der Waals surface area contributed by atoms with Gasteiger partial charge >= 0.3 is 0 Å². The SMILES string of the molecule is c1ccc(-c2ccccc2-c2nc(-c3ccc(-n4c5ccccc5c5cc6ccccc6cc54)cc3)nc(-c3ccccc3-c3ccccc3)n2)cc1. The van der Waals surface area contributed by atoms with E-state index in [0.29, 0.717) is 17.5 Å². The number of benzene rings is 8. The van der Waals surface area contributed by atoms with Crippen LogP contribution in [0.2, 0.25) is 0 Å². The molecule has 2 aromatic heterocycles. The monoisotopic (exact) mass is 676 g/mol. The van der Waals surface area contributed by atoms with Crippen LogP contribution in [0.4, 0.5) is 0 Å². The molecule has 53 heavy (non-hydrogen) atoms. The first-order valence-corrected chi connectivity index (χ1v) is 17.9. The summed E-state index contributed by atoms with van der Waals surface area (Å²) in [6.07, 6.45) is 0. The second-order valence-electron chi connectivity index (χ2n) is 13.2. The van der Waals surface area contributed by atoms with Crippen LogP contribution >= 0.6 is 0 Å². The fourth-order valence-electron chi connectivity index (χ4n) is 7.53. The molecular formula is C49H32N4. The maximum atomic E-state index is 5.20. The van der Waals surface area contributed by atoms with Gasteiger partial charge in [0.05, 0.1) is 11.0 Å². The lowest BCUT2D eigenvalue weighted by atomic mass is 9.98. The Balaban J connectivity index is 1.15.